The van der Waals surface area contributed by atoms with Gasteiger partial charge in [0.25, 0.3) is 0 Å². The molecule has 0 aliphatic carbocycles. The van der Waals surface area contributed by atoms with E-state index in [0.29, 0.717) is 0 Å². The maximum Gasteiger partial charge on any atom is 0.238 e. The van der Waals surface area contributed by atoms with E-state index in [1.54, 1.807) is 13.8 Å². The molecule has 1 rings (SSSR count). The Morgan fingerprint density at radius 3 is 2.42 bits per heavy atom. The summed E-state index contributed by atoms with van der Waals surface area (Å²) in [6.45, 7) is 4.84. The predicted octanol–water partition coefficient (Wildman–Crippen LogP) is 1.61. The van der Waals surface area contributed by atoms with E-state index in [1.807, 2.05) is 0 Å². The lowest BCUT2D eigenvalue weighted by atomic mass is 10.3. The fourth-order valence-electron chi connectivity index (χ4n) is 1.49. The molecule has 1 aromatic rings. The molecule has 1 atom stereocenters. The Morgan fingerprint density at radius 1 is 1.32 bits per heavy atom. The van der Waals surface area contributed by atoms with Gasteiger partial charge in [-0.05, 0) is 39.0 Å². The second-order valence-corrected chi connectivity index (χ2v) is 7.21. The number of hydrogen-bond donors (Lipinski definition) is 2. The highest BCUT2D eigenvalue weighted by Gasteiger charge is 2.31. The molecule has 19 heavy (non-hydrogen) atoms. The highest BCUT2D eigenvalue weighted by molar-refractivity contribution is 7.93. The molecular weight excluding hydrogens is 288 g/mol. The molecule has 0 saturated heterocycles. The summed E-state index contributed by atoms with van der Waals surface area (Å²) in [6.07, 6.45) is 0. The second kappa shape index (κ2) is 5.79. The summed E-state index contributed by atoms with van der Waals surface area (Å²) in [5, 5.41) is 1.59. The molecule has 0 bridgehead atoms. The summed E-state index contributed by atoms with van der Waals surface area (Å²) >= 11 is 5.77. The first-order valence-electron chi connectivity index (χ1n) is 5.75. The van der Waals surface area contributed by atoms with Crippen LogP contribution in [0.4, 0.5) is 5.69 Å². The van der Waals surface area contributed by atoms with Crippen molar-refractivity contribution in [3.05, 3.63) is 23.2 Å². The van der Waals surface area contributed by atoms with Crippen molar-refractivity contribution < 1.29 is 13.2 Å². The third-order valence-electron chi connectivity index (χ3n) is 2.55. The van der Waals surface area contributed by atoms with Gasteiger partial charge in [0, 0.05) is 11.1 Å². The van der Waals surface area contributed by atoms with Gasteiger partial charge in [0.2, 0.25) is 5.91 Å². The van der Waals surface area contributed by atoms with Gasteiger partial charge in [0.1, 0.15) is 5.25 Å². The Morgan fingerprint density at radius 2 is 1.89 bits per heavy atom. The van der Waals surface area contributed by atoms with Gasteiger partial charge >= 0.3 is 0 Å². The van der Waals surface area contributed by atoms with Crippen LogP contribution in [-0.4, -0.2) is 25.6 Å². The number of benzene rings is 1. The molecule has 106 valence electrons. The van der Waals surface area contributed by atoms with Gasteiger partial charge in [0.15, 0.2) is 9.84 Å². The molecule has 3 N–H and O–H groups in total. The van der Waals surface area contributed by atoms with E-state index in [4.69, 9.17) is 17.3 Å². The highest BCUT2D eigenvalue weighted by atomic mass is 35.5. The zero-order valence-electron chi connectivity index (χ0n) is 11.0. The predicted molar refractivity (Wildman–Crippen MR) is 75.8 cm³/mol. The number of carbonyl (C=O) groups is 1. The molecular formula is C12H17ClN2O3S. The Kier molecular flexibility index (Phi) is 4.81. The monoisotopic (exact) mass is 304 g/mol. The fourth-order valence-corrected chi connectivity index (χ4v) is 3.14. The van der Waals surface area contributed by atoms with E-state index in [2.05, 4.69) is 5.32 Å². The minimum atomic E-state index is -3.86. The summed E-state index contributed by atoms with van der Waals surface area (Å²) in [7, 11) is -3.86. The van der Waals surface area contributed by atoms with E-state index in [0.717, 1.165) is 0 Å². The average molecular weight is 305 g/mol. The number of nitrogens with one attached hydrogen (secondary N) is 1. The molecule has 1 aromatic carbocycles. The zero-order valence-corrected chi connectivity index (χ0v) is 12.5. The summed E-state index contributed by atoms with van der Waals surface area (Å²) in [5.41, 5.74) is 5.72. The molecule has 0 fully saturated rings. The molecule has 7 heteroatoms. The van der Waals surface area contributed by atoms with Gasteiger partial charge in [-0.15, -0.1) is 0 Å². The third kappa shape index (κ3) is 3.61. The normalized spacial score (nSPS) is 13.3. The van der Waals surface area contributed by atoms with Crippen LogP contribution < -0.4 is 11.1 Å². The van der Waals surface area contributed by atoms with Gasteiger partial charge in [-0.3, -0.25) is 4.79 Å². The number of rotatable bonds is 4. The van der Waals surface area contributed by atoms with Gasteiger partial charge < -0.3 is 11.1 Å². The maximum atomic E-state index is 12.3. The lowest BCUT2D eigenvalue weighted by Crippen LogP contribution is -2.41. The Balaban J connectivity index is 3.17. The molecule has 1 unspecified atom stereocenters. The summed E-state index contributed by atoms with van der Waals surface area (Å²) in [6, 6.07) is 4.02. The van der Waals surface area contributed by atoms with E-state index in [-0.39, 0.29) is 21.6 Å². The number of amides is 1. The maximum absolute atomic E-state index is 12.3. The highest BCUT2D eigenvalue weighted by Crippen LogP contribution is 2.26. The third-order valence-corrected chi connectivity index (χ3v) is 4.89. The number of nitrogen functional groups attached to an aromatic ring is 1. The Labute approximate surface area is 118 Å². The van der Waals surface area contributed by atoms with Crippen LogP contribution >= 0.6 is 11.6 Å². The van der Waals surface area contributed by atoms with Gasteiger partial charge in [-0.25, -0.2) is 8.42 Å². The largest absolute Gasteiger partial charge is 0.398 e. The van der Waals surface area contributed by atoms with Gasteiger partial charge in [-0.2, -0.15) is 0 Å². The standard InChI is InChI=1S/C12H17ClN2O3S/c1-7(2)15-12(16)8(3)19(17,18)11-6-9(13)4-5-10(11)14/h4-8H,14H2,1-3H3,(H,15,16). The van der Waals surface area contributed by atoms with Crippen molar-refractivity contribution in [2.45, 2.75) is 37.0 Å². The number of hydrogen-bond acceptors (Lipinski definition) is 4. The molecule has 0 aliphatic heterocycles. The smallest absolute Gasteiger partial charge is 0.238 e. The van der Waals surface area contributed by atoms with E-state index in [9.17, 15) is 13.2 Å². The zero-order chi connectivity index (χ0) is 14.8. The molecule has 0 radical (unpaired) electrons. The summed E-state index contributed by atoms with van der Waals surface area (Å²) in [4.78, 5) is 11.7. The van der Waals surface area contributed by atoms with Crippen LogP contribution in [0, 0.1) is 0 Å². The van der Waals surface area contributed by atoms with Crippen LogP contribution in [0.2, 0.25) is 5.02 Å². The van der Waals surface area contributed by atoms with Gasteiger partial charge in [0.05, 0.1) is 10.6 Å². The average Bonchev–Trinajstić information content (AvgIpc) is 2.30. The lowest BCUT2D eigenvalue weighted by Gasteiger charge is -2.16. The van der Waals surface area contributed by atoms with Crippen molar-refractivity contribution in [1.29, 1.82) is 0 Å². The SMILES string of the molecule is CC(C)NC(=O)C(C)S(=O)(=O)c1cc(Cl)ccc1N. The van der Waals surface area contributed by atoms with Crippen LogP contribution in [-0.2, 0) is 14.6 Å². The summed E-state index contributed by atoms with van der Waals surface area (Å²) in [5.74, 6) is -0.561. The molecule has 0 spiro atoms. The van der Waals surface area contributed by atoms with Crippen molar-refractivity contribution in [2.24, 2.45) is 0 Å². The van der Waals surface area contributed by atoms with Crippen molar-refractivity contribution in [3.63, 3.8) is 0 Å². The van der Waals surface area contributed by atoms with Crippen molar-refractivity contribution in [2.75, 3.05) is 5.73 Å². The van der Waals surface area contributed by atoms with E-state index >= 15 is 0 Å². The Hall–Kier alpha value is -1.27. The van der Waals surface area contributed by atoms with Crippen LogP contribution in [0.3, 0.4) is 0 Å². The van der Waals surface area contributed by atoms with Crippen molar-refractivity contribution >= 4 is 33.0 Å². The minimum Gasteiger partial charge on any atom is -0.398 e. The number of nitrogens with two attached hydrogens (primary N) is 1. The van der Waals surface area contributed by atoms with Gasteiger partial charge in [-0.1, -0.05) is 11.6 Å². The van der Waals surface area contributed by atoms with E-state index in [1.165, 1.54) is 25.1 Å². The number of carbonyl (C=O) groups excluding carboxylic acids is 1. The molecule has 0 aliphatic rings. The number of halogens is 1. The van der Waals surface area contributed by atoms with Crippen LogP contribution in [0.25, 0.3) is 0 Å². The van der Waals surface area contributed by atoms with Crippen LogP contribution in [0.15, 0.2) is 23.1 Å². The number of anilines is 1. The Bertz CT molecular complexity index is 585. The lowest BCUT2D eigenvalue weighted by molar-refractivity contribution is -0.120. The van der Waals surface area contributed by atoms with Crippen LogP contribution in [0.5, 0.6) is 0 Å². The first-order chi connectivity index (χ1) is 8.66. The molecule has 0 aromatic heterocycles. The second-order valence-electron chi connectivity index (χ2n) is 4.53. The van der Waals surface area contributed by atoms with Crippen molar-refractivity contribution in [3.8, 4) is 0 Å². The molecule has 0 heterocycles. The molecule has 0 saturated carbocycles. The fraction of sp³-hybridized carbons (Fsp3) is 0.417. The number of sulfone groups is 1. The molecule has 5 nitrogen and oxygen atoms in total. The summed E-state index contributed by atoms with van der Waals surface area (Å²) < 4.78 is 24.7. The minimum absolute atomic E-state index is 0.0774. The van der Waals surface area contributed by atoms with E-state index < -0.39 is 21.0 Å². The topological polar surface area (TPSA) is 89.3 Å². The first kappa shape index (κ1) is 15.8. The first-order valence-corrected chi connectivity index (χ1v) is 7.68. The molecule has 1 amide bonds. The van der Waals surface area contributed by atoms with Crippen LogP contribution in [0.1, 0.15) is 20.8 Å². The quantitative estimate of drug-likeness (QED) is 0.827. The van der Waals surface area contributed by atoms with Crippen molar-refractivity contribution in [1.82, 2.24) is 5.32 Å².